The molecule has 4 N–H and O–H groups in total. The third kappa shape index (κ3) is 7.97. The van der Waals surface area contributed by atoms with E-state index in [4.69, 9.17) is 5.73 Å². The Hall–Kier alpha value is -1.34. The fourth-order valence-electron chi connectivity index (χ4n) is 2.61. The van der Waals surface area contributed by atoms with E-state index in [-0.39, 0.29) is 55.8 Å². The van der Waals surface area contributed by atoms with E-state index in [9.17, 15) is 9.59 Å². The summed E-state index contributed by atoms with van der Waals surface area (Å²) in [6.07, 6.45) is 1.87. The molecule has 1 fully saturated rings. The Balaban J connectivity index is 0.00000264. The largest absolute Gasteiger partial charge is 0.352 e. The zero-order chi connectivity index (χ0) is 15.8. The minimum absolute atomic E-state index is 0. The summed E-state index contributed by atoms with van der Waals surface area (Å²) < 4.78 is 0. The van der Waals surface area contributed by atoms with Gasteiger partial charge in [0.05, 0.1) is 13.1 Å². The number of piperidine rings is 1. The van der Waals surface area contributed by atoms with Gasteiger partial charge in [-0.2, -0.15) is 0 Å². The van der Waals surface area contributed by atoms with Crippen LogP contribution in [0.2, 0.25) is 0 Å². The number of hydrogen-bond donors (Lipinski definition) is 3. The highest BCUT2D eigenvalue weighted by Gasteiger charge is 2.20. The summed E-state index contributed by atoms with van der Waals surface area (Å²) in [6.45, 7) is 2.80. The van der Waals surface area contributed by atoms with Gasteiger partial charge in [-0.05, 0) is 18.4 Å². The number of benzene rings is 1. The van der Waals surface area contributed by atoms with E-state index in [1.165, 1.54) is 5.56 Å². The molecule has 1 aromatic rings. The van der Waals surface area contributed by atoms with E-state index >= 15 is 0 Å². The van der Waals surface area contributed by atoms with Crippen LogP contribution in [-0.4, -0.2) is 48.9 Å². The first-order chi connectivity index (χ1) is 10.7. The van der Waals surface area contributed by atoms with Crippen LogP contribution in [0.15, 0.2) is 30.3 Å². The van der Waals surface area contributed by atoms with Gasteiger partial charge in [0.15, 0.2) is 0 Å². The fourth-order valence-corrected chi connectivity index (χ4v) is 2.61. The molecule has 1 aromatic carbocycles. The quantitative estimate of drug-likeness (QED) is 0.681. The predicted molar refractivity (Wildman–Crippen MR) is 99.4 cm³/mol. The van der Waals surface area contributed by atoms with Crippen LogP contribution in [0.5, 0.6) is 0 Å². The second kappa shape index (κ2) is 12.1. The van der Waals surface area contributed by atoms with Gasteiger partial charge in [-0.15, -0.1) is 24.8 Å². The Kier molecular flexibility index (Phi) is 11.4. The minimum Gasteiger partial charge on any atom is -0.352 e. The lowest BCUT2D eigenvalue weighted by molar-refractivity contribution is -0.125. The topological polar surface area (TPSA) is 87.5 Å². The fraction of sp³-hybridized carbons (Fsp3) is 0.500. The monoisotopic (exact) mass is 376 g/mol. The number of nitrogens with zero attached hydrogens (tertiary/aromatic N) is 1. The van der Waals surface area contributed by atoms with Crippen molar-refractivity contribution in [2.45, 2.75) is 25.4 Å². The normalized spacial score (nSPS) is 14.9. The van der Waals surface area contributed by atoms with Crippen molar-refractivity contribution in [3.8, 4) is 0 Å². The first-order valence-corrected chi connectivity index (χ1v) is 7.70. The number of nitrogens with one attached hydrogen (secondary N) is 2. The smallest absolute Gasteiger partial charge is 0.239 e. The van der Waals surface area contributed by atoms with Gasteiger partial charge < -0.3 is 16.4 Å². The third-order valence-corrected chi connectivity index (χ3v) is 3.83. The van der Waals surface area contributed by atoms with Crippen molar-refractivity contribution < 1.29 is 9.59 Å². The lowest BCUT2D eigenvalue weighted by atomic mass is 10.0. The molecule has 6 nitrogen and oxygen atoms in total. The molecule has 8 heteroatoms. The molecule has 1 aliphatic rings. The predicted octanol–water partition coefficient (Wildman–Crippen LogP) is 0.686. The van der Waals surface area contributed by atoms with Crippen molar-refractivity contribution in [2.75, 3.05) is 26.2 Å². The zero-order valence-electron chi connectivity index (χ0n) is 13.6. The molecule has 136 valence electrons. The lowest BCUT2D eigenvalue weighted by Crippen LogP contribution is -2.47. The Bertz CT molecular complexity index is 494. The van der Waals surface area contributed by atoms with Crippen LogP contribution in [0, 0.1) is 0 Å². The molecule has 2 amide bonds. The summed E-state index contributed by atoms with van der Waals surface area (Å²) in [5, 5.41) is 5.44. The SMILES string of the molecule is Cl.Cl.NCC(=O)NCC(=O)NC1CCN(Cc2ccccc2)CC1. The number of carbonyl (C=O) groups is 2. The number of rotatable bonds is 6. The molecule has 0 aliphatic carbocycles. The van der Waals surface area contributed by atoms with Crippen LogP contribution >= 0.6 is 24.8 Å². The molecule has 0 spiro atoms. The molecule has 0 bridgehead atoms. The summed E-state index contributed by atoms with van der Waals surface area (Å²) in [7, 11) is 0. The van der Waals surface area contributed by atoms with Gasteiger partial charge in [0, 0.05) is 25.7 Å². The first kappa shape index (κ1) is 22.7. The van der Waals surface area contributed by atoms with Crippen molar-refractivity contribution in [3.05, 3.63) is 35.9 Å². The third-order valence-electron chi connectivity index (χ3n) is 3.83. The maximum Gasteiger partial charge on any atom is 0.239 e. The van der Waals surface area contributed by atoms with Gasteiger partial charge in [0.2, 0.25) is 11.8 Å². The van der Waals surface area contributed by atoms with E-state index in [1.54, 1.807) is 0 Å². The van der Waals surface area contributed by atoms with Crippen LogP contribution in [0.1, 0.15) is 18.4 Å². The number of nitrogens with two attached hydrogens (primary N) is 1. The number of likely N-dealkylation sites (tertiary alicyclic amines) is 1. The highest BCUT2D eigenvalue weighted by Crippen LogP contribution is 2.13. The maximum atomic E-state index is 11.7. The Morgan fingerprint density at radius 3 is 2.29 bits per heavy atom. The molecular weight excluding hydrogens is 351 g/mol. The molecule has 2 rings (SSSR count). The summed E-state index contributed by atoms with van der Waals surface area (Å²) in [5.41, 5.74) is 6.49. The van der Waals surface area contributed by atoms with Gasteiger partial charge in [0.1, 0.15) is 0 Å². The average Bonchev–Trinajstić information content (AvgIpc) is 2.55. The van der Waals surface area contributed by atoms with Gasteiger partial charge in [0.25, 0.3) is 0 Å². The summed E-state index contributed by atoms with van der Waals surface area (Å²) >= 11 is 0. The molecule has 1 saturated heterocycles. The van der Waals surface area contributed by atoms with Crippen LogP contribution in [0.3, 0.4) is 0 Å². The highest BCUT2D eigenvalue weighted by molar-refractivity contribution is 5.86. The van der Waals surface area contributed by atoms with Crippen molar-refractivity contribution in [3.63, 3.8) is 0 Å². The zero-order valence-corrected chi connectivity index (χ0v) is 15.2. The van der Waals surface area contributed by atoms with Gasteiger partial charge in [-0.1, -0.05) is 30.3 Å². The molecular formula is C16H26Cl2N4O2. The summed E-state index contributed by atoms with van der Waals surface area (Å²) in [6, 6.07) is 10.6. The minimum atomic E-state index is -0.312. The maximum absolute atomic E-state index is 11.7. The van der Waals surface area contributed by atoms with Crippen molar-refractivity contribution in [2.24, 2.45) is 5.73 Å². The van der Waals surface area contributed by atoms with Gasteiger partial charge in [-0.3, -0.25) is 14.5 Å². The van der Waals surface area contributed by atoms with E-state index in [2.05, 4.69) is 39.8 Å². The van der Waals surface area contributed by atoms with E-state index in [1.807, 2.05) is 6.07 Å². The molecule has 24 heavy (non-hydrogen) atoms. The van der Waals surface area contributed by atoms with Crippen LogP contribution in [0.25, 0.3) is 0 Å². The van der Waals surface area contributed by atoms with Crippen LogP contribution in [0.4, 0.5) is 0 Å². The first-order valence-electron chi connectivity index (χ1n) is 7.70. The summed E-state index contributed by atoms with van der Waals surface area (Å²) in [5.74, 6) is -0.462. The van der Waals surface area contributed by atoms with Crippen LogP contribution in [-0.2, 0) is 16.1 Å². The average molecular weight is 377 g/mol. The van der Waals surface area contributed by atoms with Crippen molar-refractivity contribution >= 4 is 36.6 Å². The Labute approximate surface area is 155 Å². The number of carbonyl (C=O) groups excluding carboxylic acids is 2. The Morgan fingerprint density at radius 2 is 1.71 bits per heavy atom. The van der Waals surface area contributed by atoms with Crippen molar-refractivity contribution in [1.29, 1.82) is 0 Å². The van der Waals surface area contributed by atoms with E-state index < -0.39 is 0 Å². The molecule has 0 aromatic heterocycles. The molecule has 0 saturated carbocycles. The van der Waals surface area contributed by atoms with Crippen LogP contribution < -0.4 is 16.4 Å². The molecule has 0 radical (unpaired) electrons. The molecule has 0 unspecified atom stereocenters. The van der Waals surface area contributed by atoms with Gasteiger partial charge >= 0.3 is 0 Å². The number of amides is 2. The molecule has 1 heterocycles. The number of hydrogen-bond acceptors (Lipinski definition) is 4. The van der Waals surface area contributed by atoms with E-state index in [0.29, 0.717) is 0 Å². The highest BCUT2D eigenvalue weighted by atomic mass is 35.5. The Morgan fingerprint density at radius 1 is 1.08 bits per heavy atom. The lowest BCUT2D eigenvalue weighted by Gasteiger charge is -2.32. The summed E-state index contributed by atoms with van der Waals surface area (Å²) in [4.78, 5) is 25.1. The standard InChI is InChI=1S/C16H24N4O2.2ClH/c17-10-15(21)18-11-16(22)19-14-6-8-20(9-7-14)12-13-4-2-1-3-5-13;;/h1-5,14H,6-12,17H2,(H,18,21)(H,19,22);2*1H. The van der Waals surface area contributed by atoms with Crippen molar-refractivity contribution in [1.82, 2.24) is 15.5 Å². The van der Waals surface area contributed by atoms with Gasteiger partial charge in [-0.25, -0.2) is 0 Å². The number of halogens is 2. The molecule has 1 aliphatic heterocycles. The second-order valence-electron chi connectivity index (χ2n) is 5.58. The second-order valence-corrected chi connectivity index (χ2v) is 5.58. The molecule has 0 atom stereocenters. The van der Waals surface area contributed by atoms with E-state index in [0.717, 1.165) is 32.5 Å².